The van der Waals surface area contributed by atoms with Crippen molar-refractivity contribution in [3.63, 3.8) is 0 Å². The zero-order valence-corrected chi connectivity index (χ0v) is 9.45. The first-order valence-corrected chi connectivity index (χ1v) is 5.62. The van der Waals surface area contributed by atoms with Gasteiger partial charge < -0.3 is 9.84 Å². The fourth-order valence-corrected chi connectivity index (χ4v) is 1.42. The minimum absolute atomic E-state index is 0.187. The number of halogens is 1. The molecule has 4 nitrogen and oxygen atoms in total. The number of ketones is 1. The summed E-state index contributed by atoms with van der Waals surface area (Å²) in [5.74, 6) is 0.240. The summed E-state index contributed by atoms with van der Waals surface area (Å²) < 4.78 is 5.14. The number of carbonyl (C=O) groups excluding carboxylic acids is 1. The third kappa shape index (κ3) is 9.59. The van der Waals surface area contributed by atoms with E-state index in [1.54, 1.807) is 0 Å². The summed E-state index contributed by atoms with van der Waals surface area (Å²) in [4.78, 5) is 20.9. The van der Waals surface area contributed by atoms with E-state index in [1.165, 1.54) is 0 Å². The summed E-state index contributed by atoms with van der Waals surface area (Å²) in [6.45, 7) is 0.187. The Kier molecular flexibility index (Phi) is 8.07. The Bertz CT molecular complexity index is 170. The van der Waals surface area contributed by atoms with E-state index in [2.05, 4.69) is 27.3 Å². The minimum atomic E-state index is -1.25. The van der Waals surface area contributed by atoms with Crippen LogP contribution in [0.1, 0.15) is 25.7 Å². The average Bonchev–Trinajstić information content (AvgIpc) is 2.03. The van der Waals surface area contributed by atoms with E-state index in [0.29, 0.717) is 25.7 Å². The molecular weight excluding hydrogens is 287 g/mol. The molecule has 0 rings (SSSR count). The normalized spacial score (nSPS) is 9.62. The zero-order valence-electron chi connectivity index (χ0n) is 7.29. The number of unbranched alkanes of at least 4 members (excludes halogenated alkanes) is 1. The summed E-state index contributed by atoms with van der Waals surface area (Å²) in [6, 6.07) is 0. The lowest BCUT2D eigenvalue weighted by Crippen LogP contribution is -2.03. The van der Waals surface area contributed by atoms with Gasteiger partial charge in [-0.1, -0.05) is 22.6 Å². The van der Waals surface area contributed by atoms with Crippen molar-refractivity contribution in [2.24, 2.45) is 0 Å². The first-order valence-electron chi connectivity index (χ1n) is 4.10. The van der Waals surface area contributed by atoms with Crippen molar-refractivity contribution in [1.82, 2.24) is 0 Å². The molecule has 0 aliphatic rings. The van der Waals surface area contributed by atoms with Crippen molar-refractivity contribution in [3.8, 4) is 0 Å². The van der Waals surface area contributed by atoms with Gasteiger partial charge in [0, 0.05) is 17.3 Å². The van der Waals surface area contributed by atoms with Crippen molar-refractivity contribution in [3.05, 3.63) is 0 Å². The molecule has 5 heteroatoms. The molecule has 76 valence electrons. The summed E-state index contributed by atoms with van der Waals surface area (Å²) in [7, 11) is 0. The maximum atomic E-state index is 11.0. The molecule has 0 bridgehead atoms. The highest BCUT2D eigenvalue weighted by Crippen LogP contribution is 2.01. The second-order valence-electron chi connectivity index (χ2n) is 2.55. The number of alkyl halides is 1. The molecule has 0 aromatic heterocycles. The Labute approximate surface area is 90.8 Å². The molecular formula is C8H13IO4. The predicted octanol–water partition coefficient (Wildman–Crippen LogP) is 2.25. The van der Waals surface area contributed by atoms with E-state index >= 15 is 0 Å². The molecule has 0 radical (unpaired) electrons. The molecule has 0 aromatic rings. The lowest BCUT2D eigenvalue weighted by molar-refractivity contribution is -0.118. The van der Waals surface area contributed by atoms with Crippen LogP contribution in [-0.4, -0.2) is 28.1 Å². The molecule has 0 saturated carbocycles. The number of rotatable bonds is 7. The van der Waals surface area contributed by atoms with Gasteiger partial charge in [-0.25, -0.2) is 4.79 Å². The van der Waals surface area contributed by atoms with Crippen LogP contribution < -0.4 is 0 Å². The SMILES string of the molecule is O=C(CCI)CCCCOC(=O)O. The molecule has 0 atom stereocenters. The molecule has 0 spiro atoms. The number of hydrogen-bond donors (Lipinski definition) is 1. The highest BCUT2D eigenvalue weighted by molar-refractivity contribution is 14.1. The van der Waals surface area contributed by atoms with Crippen LogP contribution in [0, 0.1) is 0 Å². The van der Waals surface area contributed by atoms with Gasteiger partial charge in [-0.15, -0.1) is 0 Å². The van der Waals surface area contributed by atoms with Gasteiger partial charge in [-0.3, -0.25) is 4.79 Å². The van der Waals surface area contributed by atoms with Crippen molar-refractivity contribution in [2.75, 3.05) is 11.0 Å². The first kappa shape index (κ1) is 12.7. The Hall–Kier alpha value is -0.330. The summed E-state index contributed by atoms with van der Waals surface area (Å²) >= 11 is 2.16. The topological polar surface area (TPSA) is 63.6 Å². The van der Waals surface area contributed by atoms with Crippen LogP contribution in [0.4, 0.5) is 4.79 Å². The molecule has 0 unspecified atom stereocenters. The third-order valence-electron chi connectivity index (χ3n) is 1.45. The van der Waals surface area contributed by atoms with E-state index in [9.17, 15) is 9.59 Å². The monoisotopic (exact) mass is 300 g/mol. The fraction of sp³-hybridized carbons (Fsp3) is 0.750. The fourth-order valence-electron chi connectivity index (χ4n) is 0.814. The minimum Gasteiger partial charge on any atom is -0.450 e. The highest BCUT2D eigenvalue weighted by atomic mass is 127. The summed E-state index contributed by atoms with van der Waals surface area (Å²) in [5.41, 5.74) is 0. The van der Waals surface area contributed by atoms with Crippen LogP contribution in [0.2, 0.25) is 0 Å². The molecule has 0 amide bonds. The maximum Gasteiger partial charge on any atom is 0.505 e. The predicted molar refractivity (Wildman–Crippen MR) is 56.3 cm³/mol. The van der Waals surface area contributed by atoms with E-state index in [0.717, 1.165) is 4.43 Å². The molecule has 0 heterocycles. The average molecular weight is 300 g/mol. The number of carboxylic acid groups (broad SMARTS) is 1. The lowest BCUT2D eigenvalue weighted by Gasteiger charge is -1.99. The molecule has 0 aliphatic heterocycles. The van der Waals surface area contributed by atoms with E-state index < -0.39 is 6.16 Å². The van der Waals surface area contributed by atoms with E-state index in [-0.39, 0.29) is 12.4 Å². The Morgan fingerprint density at radius 1 is 1.23 bits per heavy atom. The molecule has 1 N–H and O–H groups in total. The smallest absolute Gasteiger partial charge is 0.450 e. The molecule has 0 saturated heterocycles. The standard InChI is InChI=1S/C8H13IO4/c9-5-4-7(10)3-1-2-6-13-8(11)12/h1-6H2,(H,11,12). The summed E-state index contributed by atoms with van der Waals surface area (Å²) in [5, 5.41) is 8.12. The third-order valence-corrected chi connectivity index (χ3v) is 1.99. The van der Waals surface area contributed by atoms with Gasteiger partial charge >= 0.3 is 6.16 Å². The largest absolute Gasteiger partial charge is 0.505 e. The quantitative estimate of drug-likeness (QED) is 0.339. The van der Waals surface area contributed by atoms with Gasteiger partial charge in [0.25, 0.3) is 0 Å². The van der Waals surface area contributed by atoms with E-state index in [1.807, 2.05) is 0 Å². The Balaban J connectivity index is 3.16. The van der Waals surface area contributed by atoms with Crippen LogP contribution in [0.5, 0.6) is 0 Å². The van der Waals surface area contributed by atoms with E-state index in [4.69, 9.17) is 5.11 Å². The number of Topliss-reactive ketones (excluding diaryl/α,β-unsaturated/α-hetero) is 1. The number of hydrogen-bond acceptors (Lipinski definition) is 3. The lowest BCUT2D eigenvalue weighted by atomic mass is 10.1. The summed E-state index contributed by atoms with van der Waals surface area (Å²) in [6.07, 6.45) is 1.23. The molecule has 0 aromatic carbocycles. The van der Waals surface area contributed by atoms with Crippen molar-refractivity contribution in [1.29, 1.82) is 0 Å². The first-order chi connectivity index (χ1) is 6.16. The molecule has 0 aliphatic carbocycles. The van der Waals surface area contributed by atoms with Gasteiger partial charge in [-0.2, -0.15) is 0 Å². The molecule has 0 fully saturated rings. The van der Waals surface area contributed by atoms with Crippen LogP contribution in [0.3, 0.4) is 0 Å². The van der Waals surface area contributed by atoms with Crippen molar-refractivity contribution >= 4 is 34.5 Å². The van der Waals surface area contributed by atoms with Crippen molar-refractivity contribution in [2.45, 2.75) is 25.7 Å². The second-order valence-corrected chi connectivity index (χ2v) is 3.63. The Morgan fingerprint density at radius 2 is 1.92 bits per heavy atom. The van der Waals surface area contributed by atoms with Crippen LogP contribution in [0.25, 0.3) is 0 Å². The van der Waals surface area contributed by atoms with Gasteiger partial charge in [0.05, 0.1) is 6.61 Å². The number of ether oxygens (including phenoxy) is 1. The van der Waals surface area contributed by atoms with Crippen LogP contribution in [0.15, 0.2) is 0 Å². The maximum absolute atomic E-state index is 11.0. The van der Waals surface area contributed by atoms with Gasteiger partial charge in [0.2, 0.25) is 0 Å². The van der Waals surface area contributed by atoms with Crippen LogP contribution >= 0.6 is 22.6 Å². The molecule has 13 heavy (non-hydrogen) atoms. The zero-order chi connectivity index (χ0) is 10.1. The van der Waals surface area contributed by atoms with Crippen LogP contribution in [-0.2, 0) is 9.53 Å². The highest BCUT2D eigenvalue weighted by Gasteiger charge is 2.01. The van der Waals surface area contributed by atoms with Gasteiger partial charge in [-0.05, 0) is 12.8 Å². The van der Waals surface area contributed by atoms with Gasteiger partial charge in [0.1, 0.15) is 5.78 Å². The number of carbonyl (C=O) groups is 2. The second kappa shape index (κ2) is 8.28. The van der Waals surface area contributed by atoms with Crippen molar-refractivity contribution < 1.29 is 19.4 Å². The Morgan fingerprint density at radius 3 is 2.46 bits per heavy atom. The van der Waals surface area contributed by atoms with Gasteiger partial charge in [0.15, 0.2) is 0 Å².